The second kappa shape index (κ2) is 9.64. The molecular weight excluding hydrogens is 410 g/mol. The number of non-ortho nitro benzene ring substituents is 1. The van der Waals surface area contributed by atoms with Crippen LogP contribution in [0.4, 0.5) is 11.4 Å². The Kier molecular flexibility index (Phi) is 6.92. The number of nitrogens with zero attached hydrogens (tertiary/aromatic N) is 3. The number of hydrogen-bond acceptors (Lipinski definition) is 6. The van der Waals surface area contributed by atoms with Crippen LogP contribution in [0.1, 0.15) is 44.4 Å². The van der Waals surface area contributed by atoms with E-state index in [0.717, 1.165) is 18.8 Å². The summed E-state index contributed by atoms with van der Waals surface area (Å²) in [5.74, 6) is -1.89. The zero-order valence-electron chi connectivity index (χ0n) is 18.4. The molecule has 1 aliphatic rings. The van der Waals surface area contributed by atoms with E-state index in [1.165, 1.54) is 29.2 Å². The molecule has 1 N–H and O–H groups in total. The number of anilines is 1. The Morgan fingerprint density at radius 1 is 1.09 bits per heavy atom. The van der Waals surface area contributed by atoms with Crippen molar-refractivity contribution in [3.63, 3.8) is 0 Å². The third kappa shape index (κ3) is 4.21. The number of rotatable bonds is 8. The van der Waals surface area contributed by atoms with Crippen molar-refractivity contribution in [2.75, 3.05) is 24.5 Å². The molecule has 8 heteroatoms. The molecule has 0 aliphatic carbocycles. The molecule has 0 aromatic heterocycles. The lowest BCUT2D eigenvalue weighted by Gasteiger charge is -2.26. The quantitative estimate of drug-likeness (QED) is 0.217. The minimum absolute atomic E-state index is 0.0560. The van der Waals surface area contributed by atoms with E-state index in [2.05, 4.69) is 18.7 Å². The molecule has 2 aromatic carbocycles. The summed E-state index contributed by atoms with van der Waals surface area (Å²) < 4.78 is 0. The Balaban J connectivity index is 2.14. The molecule has 1 aliphatic heterocycles. The molecule has 168 valence electrons. The summed E-state index contributed by atoms with van der Waals surface area (Å²) in [6, 6.07) is 12.2. The number of hydrogen-bond donors (Lipinski definition) is 1. The highest BCUT2D eigenvalue weighted by atomic mass is 16.6. The van der Waals surface area contributed by atoms with Crippen molar-refractivity contribution in [3.05, 3.63) is 75.3 Å². The Labute approximate surface area is 186 Å². The molecule has 0 saturated carbocycles. The van der Waals surface area contributed by atoms with E-state index in [1.807, 2.05) is 31.2 Å². The largest absolute Gasteiger partial charge is 0.507 e. The highest BCUT2D eigenvalue weighted by Gasteiger charge is 2.45. The summed E-state index contributed by atoms with van der Waals surface area (Å²) in [6.45, 7) is 8.06. The van der Waals surface area contributed by atoms with Crippen LogP contribution in [0.2, 0.25) is 0 Å². The normalized spacial score (nSPS) is 17.6. The minimum atomic E-state index is -0.791. The Morgan fingerprint density at radius 2 is 1.75 bits per heavy atom. The molecule has 32 heavy (non-hydrogen) atoms. The number of aliphatic hydroxyl groups is 1. The number of likely N-dealkylation sites (tertiary alicyclic amines) is 1. The second-order valence-corrected chi connectivity index (χ2v) is 7.56. The van der Waals surface area contributed by atoms with Crippen molar-refractivity contribution in [2.45, 2.75) is 33.2 Å². The van der Waals surface area contributed by atoms with E-state index >= 15 is 0 Å². The number of nitro benzene ring substituents is 1. The number of Topliss-reactive ketones (excluding diaryl/α,β-unsaturated/α-hetero) is 1. The van der Waals surface area contributed by atoms with E-state index in [1.54, 1.807) is 0 Å². The molecule has 0 spiro atoms. The van der Waals surface area contributed by atoms with Crippen molar-refractivity contribution in [1.29, 1.82) is 0 Å². The molecule has 1 heterocycles. The van der Waals surface area contributed by atoms with Crippen LogP contribution in [0.15, 0.2) is 54.1 Å². The van der Waals surface area contributed by atoms with Crippen LogP contribution in [-0.2, 0) is 9.59 Å². The van der Waals surface area contributed by atoms with Gasteiger partial charge < -0.3 is 14.9 Å². The monoisotopic (exact) mass is 437 g/mol. The summed E-state index contributed by atoms with van der Waals surface area (Å²) in [5, 5.41) is 22.1. The first kappa shape index (κ1) is 23.0. The van der Waals surface area contributed by atoms with E-state index in [-0.39, 0.29) is 16.8 Å². The first-order valence-electron chi connectivity index (χ1n) is 10.7. The maximum absolute atomic E-state index is 12.9. The van der Waals surface area contributed by atoms with Crippen LogP contribution in [0.3, 0.4) is 0 Å². The van der Waals surface area contributed by atoms with Gasteiger partial charge >= 0.3 is 0 Å². The van der Waals surface area contributed by atoms with Crippen molar-refractivity contribution in [2.24, 2.45) is 0 Å². The molecule has 1 saturated heterocycles. The van der Waals surface area contributed by atoms with Crippen molar-refractivity contribution < 1.29 is 19.6 Å². The summed E-state index contributed by atoms with van der Waals surface area (Å²) in [4.78, 5) is 39.9. The predicted molar refractivity (Wildman–Crippen MR) is 122 cm³/mol. The first-order chi connectivity index (χ1) is 15.3. The van der Waals surface area contributed by atoms with Crippen LogP contribution in [-0.4, -0.2) is 46.3 Å². The standard InChI is InChI=1S/C24H27N3O5/c1-4-14-26-21(16-10-12-18(13-11-16)25(5-2)6-3)20(23(29)24(26)30)22(28)17-8-7-9-19(15-17)27(31)32/h7-13,15,21,28H,4-6,14H2,1-3H3/b22-20-. The summed E-state index contributed by atoms with van der Waals surface area (Å²) in [7, 11) is 0. The van der Waals surface area contributed by atoms with E-state index in [4.69, 9.17) is 0 Å². The van der Waals surface area contributed by atoms with Crippen LogP contribution in [0.5, 0.6) is 0 Å². The summed E-state index contributed by atoms with van der Waals surface area (Å²) >= 11 is 0. The SMILES string of the molecule is CCCN1C(=O)C(=O)/C(=C(\O)c2cccc([N+](=O)[O-])c2)C1c1ccc(N(CC)CC)cc1. The zero-order chi connectivity index (χ0) is 23.4. The smallest absolute Gasteiger partial charge is 0.295 e. The number of ketones is 1. The Bertz CT molecular complexity index is 1060. The van der Waals surface area contributed by atoms with Gasteiger partial charge in [0.05, 0.1) is 16.5 Å². The average molecular weight is 437 g/mol. The number of carbonyl (C=O) groups excluding carboxylic acids is 2. The fraction of sp³-hybridized carbons (Fsp3) is 0.333. The van der Waals surface area contributed by atoms with Gasteiger partial charge in [0.1, 0.15) is 5.76 Å². The third-order valence-electron chi connectivity index (χ3n) is 5.67. The lowest BCUT2D eigenvalue weighted by Crippen LogP contribution is -2.30. The third-order valence-corrected chi connectivity index (χ3v) is 5.67. The van der Waals surface area contributed by atoms with E-state index in [9.17, 15) is 24.8 Å². The fourth-order valence-electron chi connectivity index (χ4n) is 4.08. The van der Waals surface area contributed by atoms with Gasteiger partial charge in [-0.05, 0) is 38.0 Å². The fourth-order valence-corrected chi connectivity index (χ4v) is 4.08. The van der Waals surface area contributed by atoms with Gasteiger partial charge in [0.25, 0.3) is 17.4 Å². The van der Waals surface area contributed by atoms with Crippen LogP contribution < -0.4 is 4.90 Å². The number of carbonyl (C=O) groups is 2. The van der Waals surface area contributed by atoms with Gasteiger partial charge in [-0.1, -0.05) is 31.2 Å². The minimum Gasteiger partial charge on any atom is -0.507 e. The Morgan fingerprint density at radius 3 is 2.31 bits per heavy atom. The lowest BCUT2D eigenvalue weighted by molar-refractivity contribution is -0.384. The summed E-state index contributed by atoms with van der Waals surface area (Å²) in [5.41, 5.74) is 1.57. The topological polar surface area (TPSA) is 104 Å². The predicted octanol–water partition coefficient (Wildman–Crippen LogP) is 4.27. The van der Waals surface area contributed by atoms with Gasteiger partial charge in [0, 0.05) is 43.0 Å². The van der Waals surface area contributed by atoms with Gasteiger partial charge in [-0.3, -0.25) is 19.7 Å². The van der Waals surface area contributed by atoms with Crippen LogP contribution >= 0.6 is 0 Å². The maximum atomic E-state index is 12.9. The van der Waals surface area contributed by atoms with Crippen LogP contribution in [0.25, 0.3) is 5.76 Å². The number of benzene rings is 2. The number of amides is 1. The Hall–Kier alpha value is -3.68. The van der Waals surface area contributed by atoms with Crippen molar-refractivity contribution >= 4 is 28.8 Å². The van der Waals surface area contributed by atoms with Gasteiger partial charge in [0.15, 0.2) is 0 Å². The lowest BCUT2D eigenvalue weighted by atomic mass is 9.95. The van der Waals surface area contributed by atoms with Crippen LogP contribution in [0, 0.1) is 10.1 Å². The first-order valence-corrected chi connectivity index (χ1v) is 10.7. The molecule has 1 atom stereocenters. The molecule has 1 fully saturated rings. The zero-order valence-corrected chi connectivity index (χ0v) is 18.4. The summed E-state index contributed by atoms with van der Waals surface area (Å²) in [6.07, 6.45) is 0.637. The average Bonchev–Trinajstić information content (AvgIpc) is 3.05. The number of nitro groups is 1. The highest BCUT2D eigenvalue weighted by molar-refractivity contribution is 6.46. The van der Waals surface area contributed by atoms with Gasteiger partial charge in [-0.15, -0.1) is 0 Å². The molecule has 1 unspecified atom stereocenters. The van der Waals surface area contributed by atoms with Gasteiger partial charge in [-0.2, -0.15) is 0 Å². The number of aliphatic hydroxyl groups excluding tert-OH is 1. The molecule has 0 radical (unpaired) electrons. The maximum Gasteiger partial charge on any atom is 0.295 e. The molecule has 8 nitrogen and oxygen atoms in total. The molecule has 0 bridgehead atoms. The second-order valence-electron chi connectivity index (χ2n) is 7.56. The molecular formula is C24H27N3O5. The molecule has 2 aromatic rings. The van der Waals surface area contributed by atoms with Crippen molar-refractivity contribution in [1.82, 2.24) is 4.90 Å². The molecule has 3 rings (SSSR count). The van der Waals surface area contributed by atoms with Crippen molar-refractivity contribution in [3.8, 4) is 0 Å². The van der Waals surface area contributed by atoms with E-state index in [0.29, 0.717) is 18.5 Å². The molecule has 1 amide bonds. The highest BCUT2D eigenvalue weighted by Crippen LogP contribution is 2.40. The van der Waals surface area contributed by atoms with E-state index < -0.39 is 28.4 Å². The van der Waals surface area contributed by atoms with Gasteiger partial charge in [-0.25, -0.2) is 0 Å². The van der Waals surface area contributed by atoms with Gasteiger partial charge in [0.2, 0.25) is 0 Å².